The standard InChI is InChI=1S/C12H16N2O2/c1-9-8-14(12(15)6-7-13)10-4-2-3-5-11(10)16-9/h2-5,9H,6-8,13H2,1H3. The van der Waals surface area contributed by atoms with E-state index in [0.29, 0.717) is 19.5 Å². The molecule has 1 aliphatic rings. The molecule has 0 saturated heterocycles. The third-order valence-electron chi connectivity index (χ3n) is 2.58. The fraction of sp³-hybridized carbons (Fsp3) is 0.417. The molecule has 2 rings (SSSR count). The summed E-state index contributed by atoms with van der Waals surface area (Å²) in [4.78, 5) is 13.7. The number of nitrogens with zero attached hydrogens (tertiary/aromatic N) is 1. The monoisotopic (exact) mass is 220 g/mol. The maximum absolute atomic E-state index is 11.9. The van der Waals surface area contributed by atoms with Crippen LogP contribution in [0.15, 0.2) is 24.3 Å². The van der Waals surface area contributed by atoms with Gasteiger partial charge >= 0.3 is 0 Å². The molecule has 0 radical (unpaired) electrons. The minimum atomic E-state index is 0.0247. The van der Waals surface area contributed by atoms with Crippen LogP contribution in [-0.4, -0.2) is 25.1 Å². The number of amides is 1. The van der Waals surface area contributed by atoms with E-state index in [0.717, 1.165) is 11.4 Å². The highest BCUT2D eigenvalue weighted by molar-refractivity contribution is 5.95. The van der Waals surface area contributed by atoms with Gasteiger partial charge in [-0.25, -0.2) is 0 Å². The molecule has 16 heavy (non-hydrogen) atoms. The molecule has 0 fully saturated rings. The zero-order valence-electron chi connectivity index (χ0n) is 9.35. The van der Waals surface area contributed by atoms with Crippen molar-refractivity contribution < 1.29 is 9.53 Å². The number of hydrogen-bond donors (Lipinski definition) is 1. The van der Waals surface area contributed by atoms with Gasteiger partial charge in [0.1, 0.15) is 11.9 Å². The van der Waals surface area contributed by atoms with Crippen molar-refractivity contribution in [2.75, 3.05) is 18.0 Å². The lowest BCUT2D eigenvalue weighted by Crippen LogP contribution is -2.42. The van der Waals surface area contributed by atoms with Gasteiger partial charge in [0.15, 0.2) is 0 Å². The topological polar surface area (TPSA) is 55.6 Å². The van der Waals surface area contributed by atoms with E-state index in [-0.39, 0.29) is 12.0 Å². The zero-order chi connectivity index (χ0) is 11.5. The van der Waals surface area contributed by atoms with Crippen LogP contribution in [0, 0.1) is 0 Å². The highest BCUT2D eigenvalue weighted by atomic mass is 16.5. The van der Waals surface area contributed by atoms with Crippen LogP contribution in [0.25, 0.3) is 0 Å². The number of hydrogen-bond acceptors (Lipinski definition) is 3. The summed E-state index contributed by atoms with van der Waals surface area (Å²) in [5.74, 6) is 0.830. The molecule has 1 heterocycles. The fourth-order valence-electron chi connectivity index (χ4n) is 1.88. The molecule has 0 aliphatic carbocycles. The van der Waals surface area contributed by atoms with E-state index in [1.807, 2.05) is 31.2 Å². The largest absolute Gasteiger partial charge is 0.487 e. The smallest absolute Gasteiger partial charge is 0.228 e. The van der Waals surface area contributed by atoms with Gasteiger partial charge in [-0.15, -0.1) is 0 Å². The summed E-state index contributed by atoms with van der Waals surface area (Å²) in [5, 5.41) is 0. The Labute approximate surface area is 95.0 Å². The van der Waals surface area contributed by atoms with Crippen LogP contribution < -0.4 is 15.4 Å². The summed E-state index contributed by atoms with van der Waals surface area (Å²) < 4.78 is 5.67. The van der Waals surface area contributed by atoms with Crippen molar-refractivity contribution in [2.24, 2.45) is 5.73 Å². The number of carbonyl (C=O) groups excluding carboxylic acids is 1. The van der Waals surface area contributed by atoms with Gasteiger partial charge < -0.3 is 15.4 Å². The second-order valence-electron chi connectivity index (χ2n) is 3.94. The molecular formula is C12H16N2O2. The van der Waals surface area contributed by atoms with Gasteiger partial charge in [0.05, 0.1) is 12.2 Å². The van der Waals surface area contributed by atoms with Crippen molar-refractivity contribution in [3.63, 3.8) is 0 Å². The first kappa shape index (κ1) is 11.0. The molecule has 0 bridgehead atoms. The summed E-state index contributed by atoms with van der Waals surface area (Å²) in [6.07, 6.45) is 0.401. The van der Waals surface area contributed by atoms with Crippen LogP contribution in [0.1, 0.15) is 13.3 Å². The van der Waals surface area contributed by atoms with Crippen LogP contribution in [0.3, 0.4) is 0 Å². The average molecular weight is 220 g/mol. The van der Waals surface area contributed by atoms with Crippen molar-refractivity contribution in [1.82, 2.24) is 0 Å². The quantitative estimate of drug-likeness (QED) is 0.813. The molecule has 0 saturated carbocycles. The number of para-hydroxylation sites is 2. The summed E-state index contributed by atoms with van der Waals surface area (Å²) in [5.41, 5.74) is 6.26. The van der Waals surface area contributed by atoms with E-state index in [1.54, 1.807) is 4.90 Å². The molecule has 0 spiro atoms. The molecule has 4 heteroatoms. The van der Waals surface area contributed by atoms with E-state index in [1.165, 1.54) is 0 Å². The van der Waals surface area contributed by atoms with Gasteiger partial charge in [-0.05, 0) is 19.1 Å². The van der Waals surface area contributed by atoms with Crippen LogP contribution in [-0.2, 0) is 4.79 Å². The summed E-state index contributed by atoms with van der Waals surface area (Å²) in [7, 11) is 0. The summed E-state index contributed by atoms with van der Waals surface area (Å²) in [6, 6.07) is 7.59. The molecule has 1 atom stereocenters. The molecule has 1 aliphatic heterocycles. The van der Waals surface area contributed by atoms with Gasteiger partial charge in [0.2, 0.25) is 5.91 Å². The average Bonchev–Trinajstić information content (AvgIpc) is 2.28. The molecule has 4 nitrogen and oxygen atoms in total. The molecule has 0 aromatic heterocycles. The minimum absolute atomic E-state index is 0.0247. The number of nitrogens with two attached hydrogens (primary N) is 1. The van der Waals surface area contributed by atoms with E-state index in [4.69, 9.17) is 10.5 Å². The van der Waals surface area contributed by atoms with Gasteiger partial charge in [0, 0.05) is 13.0 Å². The van der Waals surface area contributed by atoms with E-state index >= 15 is 0 Å². The Kier molecular flexibility index (Phi) is 3.10. The Morgan fingerprint density at radius 2 is 2.31 bits per heavy atom. The third kappa shape index (κ3) is 2.02. The molecule has 1 unspecified atom stereocenters. The number of ether oxygens (including phenoxy) is 1. The third-order valence-corrected chi connectivity index (χ3v) is 2.58. The van der Waals surface area contributed by atoms with Crippen molar-refractivity contribution in [3.8, 4) is 5.75 Å². The fourth-order valence-corrected chi connectivity index (χ4v) is 1.88. The number of rotatable bonds is 2. The first-order chi connectivity index (χ1) is 7.72. The van der Waals surface area contributed by atoms with Crippen LogP contribution in [0.2, 0.25) is 0 Å². The minimum Gasteiger partial charge on any atom is -0.487 e. The Hall–Kier alpha value is -1.55. The Morgan fingerprint density at radius 3 is 3.06 bits per heavy atom. The molecule has 1 aromatic carbocycles. The lowest BCUT2D eigenvalue weighted by atomic mass is 10.2. The second-order valence-corrected chi connectivity index (χ2v) is 3.94. The zero-order valence-corrected chi connectivity index (χ0v) is 9.35. The van der Waals surface area contributed by atoms with Crippen LogP contribution in [0.5, 0.6) is 5.75 Å². The normalized spacial score (nSPS) is 18.9. The van der Waals surface area contributed by atoms with Gasteiger partial charge in [0.25, 0.3) is 0 Å². The van der Waals surface area contributed by atoms with E-state index in [2.05, 4.69) is 0 Å². The lowest BCUT2D eigenvalue weighted by Gasteiger charge is -2.33. The molecule has 86 valence electrons. The van der Waals surface area contributed by atoms with Crippen LogP contribution in [0.4, 0.5) is 5.69 Å². The SMILES string of the molecule is CC1CN(C(=O)CCN)c2ccccc2O1. The number of carbonyl (C=O) groups is 1. The van der Waals surface area contributed by atoms with Crippen LogP contribution >= 0.6 is 0 Å². The highest BCUT2D eigenvalue weighted by Crippen LogP contribution is 2.33. The lowest BCUT2D eigenvalue weighted by molar-refractivity contribution is -0.118. The van der Waals surface area contributed by atoms with Crippen molar-refractivity contribution >= 4 is 11.6 Å². The maximum atomic E-state index is 11.9. The van der Waals surface area contributed by atoms with Gasteiger partial charge in [-0.3, -0.25) is 4.79 Å². The summed E-state index contributed by atoms with van der Waals surface area (Å²) >= 11 is 0. The van der Waals surface area contributed by atoms with Gasteiger partial charge in [-0.1, -0.05) is 12.1 Å². The van der Waals surface area contributed by atoms with E-state index in [9.17, 15) is 4.79 Å². The number of fused-ring (bicyclic) bond motifs is 1. The number of benzene rings is 1. The Morgan fingerprint density at radius 1 is 1.56 bits per heavy atom. The van der Waals surface area contributed by atoms with Gasteiger partial charge in [-0.2, -0.15) is 0 Å². The van der Waals surface area contributed by atoms with Crippen molar-refractivity contribution in [2.45, 2.75) is 19.4 Å². The Bertz CT molecular complexity index is 392. The first-order valence-corrected chi connectivity index (χ1v) is 5.48. The molecule has 1 amide bonds. The predicted molar refractivity (Wildman–Crippen MR) is 62.6 cm³/mol. The maximum Gasteiger partial charge on any atom is 0.228 e. The summed E-state index contributed by atoms with van der Waals surface area (Å²) in [6.45, 7) is 2.93. The van der Waals surface area contributed by atoms with Crippen molar-refractivity contribution in [1.29, 1.82) is 0 Å². The Balaban J connectivity index is 2.30. The molecular weight excluding hydrogens is 204 g/mol. The molecule has 1 aromatic rings. The first-order valence-electron chi connectivity index (χ1n) is 5.48. The highest BCUT2D eigenvalue weighted by Gasteiger charge is 2.26. The second kappa shape index (κ2) is 4.53. The van der Waals surface area contributed by atoms with E-state index < -0.39 is 0 Å². The molecule has 2 N–H and O–H groups in total. The number of anilines is 1. The predicted octanol–water partition coefficient (Wildman–Crippen LogP) is 1.15. The van der Waals surface area contributed by atoms with Crippen molar-refractivity contribution in [3.05, 3.63) is 24.3 Å².